The fourth-order valence-corrected chi connectivity index (χ4v) is 2.17. The summed E-state index contributed by atoms with van der Waals surface area (Å²) in [6.45, 7) is 2.56. The highest BCUT2D eigenvalue weighted by Gasteiger charge is 2.16. The molecule has 0 bridgehead atoms. The Kier molecular flexibility index (Phi) is 2.91. The number of hydrogen-bond donors (Lipinski definition) is 1. The molecule has 0 saturated heterocycles. The highest BCUT2D eigenvalue weighted by molar-refractivity contribution is 5.56. The van der Waals surface area contributed by atoms with Crippen molar-refractivity contribution in [2.24, 2.45) is 0 Å². The topological polar surface area (TPSA) is 55.0 Å². The molecule has 5 heteroatoms. The molecule has 19 heavy (non-hydrogen) atoms. The quantitative estimate of drug-likeness (QED) is 0.852. The van der Waals surface area contributed by atoms with Gasteiger partial charge in [0, 0.05) is 12.0 Å². The maximum absolute atomic E-state index is 13.3. The van der Waals surface area contributed by atoms with Crippen LogP contribution in [-0.2, 0) is 17.8 Å². The van der Waals surface area contributed by atoms with E-state index in [0.29, 0.717) is 42.1 Å². The average molecular weight is 260 g/mol. The number of nitrogens with zero attached hydrogens (tertiary/aromatic N) is 1. The third-order valence-corrected chi connectivity index (χ3v) is 3.26. The number of aromatic amines is 1. The molecule has 1 aromatic carbocycles. The van der Waals surface area contributed by atoms with Crippen molar-refractivity contribution >= 4 is 0 Å². The van der Waals surface area contributed by atoms with Gasteiger partial charge in [-0.3, -0.25) is 4.79 Å². The Hall–Kier alpha value is -2.01. The van der Waals surface area contributed by atoms with Gasteiger partial charge < -0.3 is 9.72 Å². The Morgan fingerprint density at radius 2 is 2.26 bits per heavy atom. The first-order valence-corrected chi connectivity index (χ1v) is 6.11. The molecule has 0 fully saturated rings. The first kappa shape index (κ1) is 12.0. The number of ether oxygens (including phenoxy) is 1. The number of aromatic nitrogens is 2. The second kappa shape index (κ2) is 4.59. The van der Waals surface area contributed by atoms with Crippen molar-refractivity contribution in [3.8, 4) is 11.4 Å². The maximum Gasteiger partial charge on any atom is 0.256 e. The van der Waals surface area contributed by atoms with Crippen LogP contribution >= 0.6 is 0 Å². The number of halogens is 1. The molecule has 1 aromatic heterocycles. The molecule has 0 saturated carbocycles. The van der Waals surface area contributed by atoms with Gasteiger partial charge in [-0.05, 0) is 30.7 Å². The molecule has 0 radical (unpaired) electrons. The molecule has 0 amide bonds. The van der Waals surface area contributed by atoms with Gasteiger partial charge in [-0.2, -0.15) is 0 Å². The number of rotatable bonds is 1. The first-order valence-electron chi connectivity index (χ1n) is 6.11. The van der Waals surface area contributed by atoms with E-state index in [0.717, 1.165) is 5.69 Å². The molecule has 1 aliphatic heterocycles. The lowest BCUT2D eigenvalue weighted by Crippen LogP contribution is -2.24. The Morgan fingerprint density at radius 3 is 3.05 bits per heavy atom. The molecule has 2 heterocycles. The Bertz CT molecular complexity index is 694. The summed E-state index contributed by atoms with van der Waals surface area (Å²) in [6, 6.07) is 4.68. The van der Waals surface area contributed by atoms with Gasteiger partial charge in [0.1, 0.15) is 11.6 Å². The van der Waals surface area contributed by atoms with E-state index < -0.39 is 0 Å². The third-order valence-electron chi connectivity index (χ3n) is 3.26. The minimum Gasteiger partial charge on any atom is -0.376 e. The highest BCUT2D eigenvalue weighted by atomic mass is 19.1. The molecule has 0 atom stereocenters. The smallest absolute Gasteiger partial charge is 0.256 e. The van der Waals surface area contributed by atoms with Crippen LogP contribution in [0.4, 0.5) is 4.39 Å². The maximum atomic E-state index is 13.3. The molecule has 3 rings (SSSR count). The number of fused-ring (bicyclic) bond motifs is 1. The van der Waals surface area contributed by atoms with Crippen molar-refractivity contribution in [3.63, 3.8) is 0 Å². The molecular weight excluding hydrogens is 247 g/mol. The summed E-state index contributed by atoms with van der Waals surface area (Å²) in [5.41, 5.74) is 2.42. The Balaban J connectivity index is 2.12. The molecule has 1 aliphatic rings. The second-order valence-electron chi connectivity index (χ2n) is 4.61. The van der Waals surface area contributed by atoms with Crippen LogP contribution in [-0.4, -0.2) is 16.6 Å². The van der Waals surface area contributed by atoms with Crippen LogP contribution in [0, 0.1) is 12.7 Å². The SMILES string of the molecule is Cc1cc(-c2nc3c(c(=O)[nH]2)COCC3)ccc1F. The predicted octanol–water partition coefficient (Wildman–Crippen LogP) is 1.96. The van der Waals surface area contributed by atoms with Crippen LogP contribution in [0.15, 0.2) is 23.0 Å². The van der Waals surface area contributed by atoms with E-state index in [9.17, 15) is 9.18 Å². The summed E-state index contributed by atoms with van der Waals surface area (Å²) in [5.74, 6) is 0.214. The largest absolute Gasteiger partial charge is 0.376 e. The lowest BCUT2D eigenvalue weighted by molar-refractivity contribution is 0.108. The normalized spacial score (nSPS) is 14.2. The molecule has 4 nitrogen and oxygen atoms in total. The predicted molar refractivity (Wildman–Crippen MR) is 68.3 cm³/mol. The molecule has 98 valence electrons. The zero-order chi connectivity index (χ0) is 13.4. The summed E-state index contributed by atoms with van der Waals surface area (Å²) in [7, 11) is 0. The van der Waals surface area contributed by atoms with Crippen LogP contribution < -0.4 is 5.56 Å². The molecule has 0 spiro atoms. The van der Waals surface area contributed by atoms with Crippen LogP contribution in [0.5, 0.6) is 0 Å². The zero-order valence-electron chi connectivity index (χ0n) is 10.5. The standard InChI is InChI=1S/C14H13FN2O2/c1-8-6-9(2-3-11(8)15)13-16-12-4-5-19-7-10(12)14(18)17-13/h2-3,6H,4-5,7H2,1H3,(H,16,17,18). The minimum absolute atomic E-state index is 0.179. The number of nitrogens with one attached hydrogen (secondary N) is 1. The van der Waals surface area contributed by atoms with Crippen LogP contribution in [0.2, 0.25) is 0 Å². The van der Waals surface area contributed by atoms with Gasteiger partial charge in [0.2, 0.25) is 0 Å². The van der Waals surface area contributed by atoms with Crippen molar-refractivity contribution < 1.29 is 9.13 Å². The number of benzene rings is 1. The number of aryl methyl sites for hydroxylation is 1. The highest BCUT2D eigenvalue weighted by Crippen LogP contribution is 2.19. The van der Waals surface area contributed by atoms with Crippen molar-refractivity contribution in [1.29, 1.82) is 0 Å². The fourth-order valence-electron chi connectivity index (χ4n) is 2.17. The van der Waals surface area contributed by atoms with Crippen molar-refractivity contribution in [1.82, 2.24) is 9.97 Å². The number of H-pyrrole nitrogens is 1. The minimum atomic E-state index is -0.266. The summed E-state index contributed by atoms with van der Waals surface area (Å²) < 4.78 is 18.5. The van der Waals surface area contributed by atoms with Gasteiger partial charge in [0.25, 0.3) is 5.56 Å². The van der Waals surface area contributed by atoms with E-state index in [1.807, 2.05) is 0 Å². The van der Waals surface area contributed by atoms with Gasteiger partial charge in [-0.25, -0.2) is 9.37 Å². The van der Waals surface area contributed by atoms with Gasteiger partial charge >= 0.3 is 0 Å². The third kappa shape index (κ3) is 2.17. The Morgan fingerprint density at radius 1 is 1.42 bits per heavy atom. The van der Waals surface area contributed by atoms with Crippen LogP contribution in [0.1, 0.15) is 16.8 Å². The molecule has 0 aliphatic carbocycles. The van der Waals surface area contributed by atoms with E-state index >= 15 is 0 Å². The zero-order valence-corrected chi connectivity index (χ0v) is 10.5. The van der Waals surface area contributed by atoms with Crippen LogP contribution in [0.3, 0.4) is 0 Å². The lowest BCUT2D eigenvalue weighted by atomic mass is 10.1. The summed E-state index contributed by atoms with van der Waals surface area (Å²) >= 11 is 0. The van der Waals surface area contributed by atoms with E-state index in [-0.39, 0.29) is 11.4 Å². The summed E-state index contributed by atoms with van der Waals surface area (Å²) in [6.07, 6.45) is 0.631. The van der Waals surface area contributed by atoms with E-state index in [1.54, 1.807) is 19.1 Å². The van der Waals surface area contributed by atoms with Gasteiger partial charge in [0.05, 0.1) is 24.5 Å². The molecule has 0 unspecified atom stereocenters. The summed E-state index contributed by atoms with van der Waals surface area (Å²) in [4.78, 5) is 19.1. The number of hydrogen-bond acceptors (Lipinski definition) is 3. The van der Waals surface area contributed by atoms with E-state index in [1.165, 1.54) is 6.07 Å². The molecular formula is C14H13FN2O2. The van der Waals surface area contributed by atoms with E-state index in [4.69, 9.17) is 4.74 Å². The first-order chi connectivity index (χ1) is 9.15. The monoisotopic (exact) mass is 260 g/mol. The fraction of sp³-hybridized carbons (Fsp3) is 0.286. The lowest BCUT2D eigenvalue weighted by Gasteiger charge is -2.15. The van der Waals surface area contributed by atoms with Crippen molar-refractivity contribution in [2.75, 3.05) is 6.61 Å². The van der Waals surface area contributed by atoms with E-state index in [2.05, 4.69) is 9.97 Å². The van der Waals surface area contributed by atoms with Gasteiger partial charge in [0.15, 0.2) is 0 Å². The molecule has 1 N–H and O–H groups in total. The van der Waals surface area contributed by atoms with Gasteiger partial charge in [-0.1, -0.05) is 0 Å². The van der Waals surface area contributed by atoms with Crippen molar-refractivity contribution in [2.45, 2.75) is 20.0 Å². The summed E-state index contributed by atoms with van der Waals surface area (Å²) in [5, 5.41) is 0. The molecule has 2 aromatic rings. The Labute approximate surface area is 109 Å². The second-order valence-corrected chi connectivity index (χ2v) is 4.61. The van der Waals surface area contributed by atoms with Crippen LogP contribution in [0.25, 0.3) is 11.4 Å². The van der Waals surface area contributed by atoms with Crippen molar-refractivity contribution in [3.05, 3.63) is 51.2 Å². The average Bonchev–Trinajstić information content (AvgIpc) is 2.42. The van der Waals surface area contributed by atoms with Gasteiger partial charge in [-0.15, -0.1) is 0 Å².